The number of benzene rings is 2. The number of halogens is 1. The van der Waals surface area contributed by atoms with Gasteiger partial charge in [0.05, 0.1) is 12.6 Å². The number of hydrogen-bond donors (Lipinski definition) is 2. The molecule has 150 valence electrons. The summed E-state index contributed by atoms with van der Waals surface area (Å²) in [7, 11) is 1.73. The second-order valence-electron chi connectivity index (χ2n) is 6.91. The number of amides is 2. The molecule has 0 fully saturated rings. The lowest BCUT2D eigenvalue weighted by atomic mass is 9.96. The summed E-state index contributed by atoms with van der Waals surface area (Å²) < 4.78 is 12.9. The highest BCUT2D eigenvalue weighted by Gasteiger charge is 2.21. The number of carbonyl (C=O) groups is 2. The molecule has 2 aromatic carbocycles. The number of rotatable bonds is 9. The largest absolute Gasteiger partial charge is 0.354 e. The first kappa shape index (κ1) is 21.6. The summed E-state index contributed by atoms with van der Waals surface area (Å²) in [4.78, 5) is 26.3. The van der Waals surface area contributed by atoms with Gasteiger partial charge in [0.2, 0.25) is 11.8 Å². The normalized spacial score (nSPS) is 13.0. The molecule has 2 atom stereocenters. The smallest absolute Gasteiger partial charge is 0.238 e. The Hall–Kier alpha value is -2.73. The van der Waals surface area contributed by atoms with Gasteiger partial charge in [-0.3, -0.25) is 14.5 Å². The number of anilines is 1. The summed E-state index contributed by atoms with van der Waals surface area (Å²) in [6.07, 6.45) is 0.925. The van der Waals surface area contributed by atoms with Crippen molar-refractivity contribution in [1.82, 2.24) is 10.2 Å². The summed E-state index contributed by atoms with van der Waals surface area (Å²) in [5.74, 6) is -0.485. The van der Waals surface area contributed by atoms with Gasteiger partial charge in [0.15, 0.2) is 0 Å². The van der Waals surface area contributed by atoms with E-state index in [1.165, 1.54) is 29.8 Å². The third-order valence-electron chi connectivity index (χ3n) is 4.85. The van der Waals surface area contributed by atoms with Gasteiger partial charge in [-0.05, 0) is 50.2 Å². The molecule has 5 nitrogen and oxygen atoms in total. The van der Waals surface area contributed by atoms with E-state index in [4.69, 9.17) is 0 Å². The SMILES string of the molecule is CC[C@H](CNC(=O)[C@H](C)N(C)CC(=O)Nc1ccc(F)cc1)c1ccccc1. The molecule has 28 heavy (non-hydrogen) atoms. The van der Waals surface area contributed by atoms with Crippen LogP contribution in [-0.4, -0.2) is 42.9 Å². The molecular formula is C22H28FN3O2. The molecule has 0 radical (unpaired) electrons. The molecule has 0 saturated carbocycles. The van der Waals surface area contributed by atoms with Gasteiger partial charge in [-0.2, -0.15) is 0 Å². The van der Waals surface area contributed by atoms with Crippen LogP contribution in [-0.2, 0) is 9.59 Å². The Morgan fingerprint density at radius 1 is 1.07 bits per heavy atom. The molecule has 0 spiro atoms. The van der Waals surface area contributed by atoms with Gasteiger partial charge in [0.1, 0.15) is 5.82 Å². The van der Waals surface area contributed by atoms with Crippen molar-refractivity contribution in [2.75, 3.05) is 25.5 Å². The van der Waals surface area contributed by atoms with Crippen LogP contribution in [0.25, 0.3) is 0 Å². The third kappa shape index (κ3) is 6.46. The van der Waals surface area contributed by atoms with Crippen LogP contribution in [0.4, 0.5) is 10.1 Å². The van der Waals surface area contributed by atoms with Crippen LogP contribution in [0, 0.1) is 5.82 Å². The van der Waals surface area contributed by atoms with Crippen molar-refractivity contribution in [3.05, 3.63) is 66.0 Å². The van der Waals surface area contributed by atoms with Gasteiger partial charge in [-0.25, -0.2) is 4.39 Å². The summed E-state index contributed by atoms with van der Waals surface area (Å²) in [6, 6.07) is 15.2. The molecule has 0 bridgehead atoms. The van der Waals surface area contributed by atoms with Crippen LogP contribution < -0.4 is 10.6 Å². The molecule has 2 N–H and O–H groups in total. The molecular weight excluding hydrogens is 357 g/mol. The number of nitrogens with zero attached hydrogens (tertiary/aromatic N) is 1. The highest BCUT2D eigenvalue weighted by atomic mass is 19.1. The minimum atomic E-state index is -0.452. The van der Waals surface area contributed by atoms with Gasteiger partial charge < -0.3 is 10.6 Å². The Morgan fingerprint density at radius 3 is 2.32 bits per heavy atom. The lowest BCUT2D eigenvalue weighted by molar-refractivity contribution is -0.126. The maximum absolute atomic E-state index is 12.9. The van der Waals surface area contributed by atoms with Crippen molar-refractivity contribution < 1.29 is 14.0 Å². The fourth-order valence-electron chi connectivity index (χ4n) is 2.89. The Morgan fingerprint density at radius 2 is 1.71 bits per heavy atom. The first-order valence-electron chi connectivity index (χ1n) is 9.49. The average molecular weight is 385 g/mol. The first-order chi connectivity index (χ1) is 13.4. The van der Waals surface area contributed by atoms with Crippen molar-refractivity contribution >= 4 is 17.5 Å². The lowest BCUT2D eigenvalue weighted by Crippen LogP contribution is -2.46. The van der Waals surface area contributed by atoms with Crippen molar-refractivity contribution in [1.29, 1.82) is 0 Å². The number of likely N-dealkylation sites (N-methyl/N-ethyl adjacent to an activating group) is 1. The summed E-state index contributed by atoms with van der Waals surface area (Å²) in [5.41, 5.74) is 1.72. The molecule has 0 aliphatic heterocycles. The van der Waals surface area contributed by atoms with E-state index in [0.29, 0.717) is 12.2 Å². The summed E-state index contributed by atoms with van der Waals surface area (Å²) in [5, 5.41) is 5.68. The first-order valence-corrected chi connectivity index (χ1v) is 9.49. The quantitative estimate of drug-likeness (QED) is 0.696. The minimum Gasteiger partial charge on any atom is -0.354 e. The highest BCUT2D eigenvalue weighted by Crippen LogP contribution is 2.18. The monoisotopic (exact) mass is 385 g/mol. The van der Waals surface area contributed by atoms with Gasteiger partial charge in [-0.15, -0.1) is 0 Å². The van der Waals surface area contributed by atoms with Crippen molar-refractivity contribution in [3.8, 4) is 0 Å². The van der Waals surface area contributed by atoms with Crippen molar-refractivity contribution in [3.63, 3.8) is 0 Å². The van der Waals surface area contributed by atoms with Crippen LogP contribution in [0.3, 0.4) is 0 Å². The van der Waals surface area contributed by atoms with Crippen LogP contribution in [0.15, 0.2) is 54.6 Å². The summed E-state index contributed by atoms with van der Waals surface area (Å²) >= 11 is 0. The fourth-order valence-corrected chi connectivity index (χ4v) is 2.89. The van der Waals surface area contributed by atoms with Crippen molar-refractivity contribution in [2.45, 2.75) is 32.2 Å². The molecule has 0 aliphatic rings. The highest BCUT2D eigenvalue weighted by molar-refractivity contribution is 5.92. The molecule has 0 heterocycles. The van der Waals surface area contributed by atoms with Crippen LogP contribution >= 0.6 is 0 Å². The Balaban J connectivity index is 1.82. The zero-order valence-electron chi connectivity index (χ0n) is 16.6. The van der Waals surface area contributed by atoms with Gasteiger partial charge in [-0.1, -0.05) is 37.3 Å². The Kier molecular flexibility index (Phi) is 8.14. The van der Waals surface area contributed by atoms with Crippen LogP contribution in [0.2, 0.25) is 0 Å². The topological polar surface area (TPSA) is 61.4 Å². The molecule has 0 aliphatic carbocycles. The second-order valence-corrected chi connectivity index (χ2v) is 6.91. The molecule has 0 unspecified atom stereocenters. The van der Waals surface area contributed by atoms with E-state index in [0.717, 1.165) is 6.42 Å². The fraction of sp³-hybridized carbons (Fsp3) is 0.364. The Bertz CT molecular complexity index is 765. The number of hydrogen-bond acceptors (Lipinski definition) is 3. The zero-order valence-corrected chi connectivity index (χ0v) is 16.6. The third-order valence-corrected chi connectivity index (χ3v) is 4.85. The molecule has 0 saturated heterocycles. The number of carbonyl (C=O) groups excluding carboxylic acids is 2. The van der Waals surface area contributed by atoms with E-state index < -0.39 is 6.04 Å². The van der Waals surface area contributed by atoms with E-state index in [-0.39, 0.29) is 30.1 Å². The minimum absolute atomic E-state index is 0.0574. The predicted molar refractivity (Wildman–Crippen MR) is 110 cm³/mol. The van der Waals surface area contributed by atoms with E-state index in [9.17, 15) is 14.0 Å². The van der Waals surface area contributed by atoms with Gasteiger partial charge in [0, 0.05) is 18.2 Å². The predicted octanol–water partition coefficient (Wildman–Crippen LogP) is 3.39. The molecule has 2 amide bonds. The number of nitrogens with one attached hydrogen (secondary N) is 2. The van der Waals surface area contributed by atoms with Crippen LogP contribution in [0.1, 0.15) is 31.7 Å². The van der Waals surface area contributed by atoms with Gasteiger partial charge in [0.25, 0.3) is 0 Å². The van der Waals surface area contributed by atoms with E-state index in [2.05, 4.69) is 29.7 Å². The molecule has 0 aromatic heterocycles. The lowest BCUT2D eigenvalue weighted by Gasteiger charge is -2.24. The standard InChI is InChI=1S/C22H28FN3O2/c1-4-17(18-8-6-5-7-9-18)14-24-22(28)16(2)26(3)15-21(27)25-20-12-10-19(23)11-13-20/h5-13,16-17H,4,14-15H2,1-3H3,(H,24,28)(H,25,27)/t16-,17+/m0/s1. The van der Waals surface area contributed by atoms with E-state index in [1.807, 2.05) is 18.2 Å². The molecule has 6 heteroatoms. The molecule has 2 rings (SSSR count). The van der Waals surface area contributed by atoms with E-state index in [1.54, 1.807) is 18.9 Å². The van der Waals surface area contributed by atoms with Crippen LogP contribution in [0.5, 0.6) is 0 Å². The maximum atomic E-state index is 12.9. The van der Waals surface area contributed by atoms with Gasteiger partial charge >= 0.3 is 0 Å². The molecule has 2 aromatic rings. The zero-order chi connectivity index (χ0) is 20.5. The second kappa shape index (κ2) is 10.6. The Labute approximate surface area is 165 Å². The maximum Gasteiger partial charge on any atom is 0.238 e. The summed E-state index contributed by atoms with van der Waals surface area (Å²) in [6.45, 7) is 4.48. The van der Waals surface area contributed by atoms with E-state index >= 15 is 0 Å². The average Bonchev–Trinajstić information content (AvgIpc) is 2.70. The van der Waals surface area contributed by atoms with Crippen molar-refractivity contribution in [2.24, 2.45) is 0 Å².